The molecule has 5 nitrogen and oxygen atoms in total. The Balaban J connectivity index is 1.44. The van der Waals surface area contributed by atoms with Gasteiger partial charge in [-0.3, -0.25) is 14.5 Å². The molecule has 3 rings (SSSR count). The SMILES string of the molecule is O=C(CN1CCCN(C(=O)c2ccc(F)cc2)CC1)NCCc1c(F)cccc1F. The van der Waals surface area contributed by atoms with Gasteiger partial charge in [-0.1, -0.05) is 6.07 Å². The average Bonchev–Trinajstić information content (AvgIpc) is 2.96. The van der Waals surface area contributed by atoms with Crippen LogP contribution in [0.25, 0.3) is 0 Å². The van der Waals surface area contributed by atoms with Gasteiger partial charge >= 0.3 is 0 Å². The minimum absolute atomic E-state index is 0.0393. The molecule has 0 aliphatic carbocycles. The number of nitrogens with zero attached hydrogens (tertiary/aromatic N) is 2. The van der Waals surface area contributed by atoms with E-state index in [9.17, 15) is 22.8 Å². The Morgan fingerprint density at radius 3 is 2.30 bits per heavy atom. The first-order valence-electron chi connectivity index (χ1n) is 9.91. The van der Waals surface area contributed by atoms with Gasteiger partial charge < -0.3 is 10.2 Å². The molecule has 0 aromatic heterocycles. The molecule has 0 spiro atoms. The third kappa shape index (κ3) is 5.82. The van der Waals surface area contributed by atoms with Crippen LogP contribution in [-0.2, 0) is 11.2 Å². The summed E-state index contributed by atoms with van der Waals surface area (Å²) in [7, 11) is 0. The second-order valence-corrected chi connectivity index (χ2v) is 7.23. The molecular weight excluding hydrogens is 395 g/mol. The quantitative estimate of drug-likeness (QED) is 0.783. The van der Waals surface area contributed by atoms with Crippen LogP contribution in [0.3, 0.4) is 0 Å². The minimum Gasteiger partial charge on any atom is -0.355 e. The first kappa shape index (κ1) is 21.8. The zero-order chi connectivity index (χ0) is 21.5. The van der Waals surface area contributed by atoms with Crippen LogP contribution in [0.5, 0.6) is 0 Å². The highest BCUT2D eigenvalue weighted by molar-refractivity contribution is 5.94. The number of hydrogen-bond acceptors (Lipinski definition) is 3. The van der Waals surface area contributed by atoms with E-state index in [1.807, 2.05) is 4.90 Å². The molecule has 1 saturated heterocycles. The third-order valence-electron chi connectivity index (χ3n) is 5.09. The molecule has 0 saturated carbocycles. The van der Waals surface area contributed by atoms with E-state index in [1.54, 1.807) is 4.90 Å². The van der Waals surface area contributed by atoms with E-state index in [0.717, 1.165) is 0 Å². The molecule has 0 radical (unpaired) electrons. The van der Waals surface area contributed by atoms with Gasteiger partial charge in [-0.05, 0) is 49.2 Å². The van der Waals surface area contributed by atoms with Crippen molar-refractivity contribution >= 4 is 11.8 Å². The second kappa shape index (κ2) is 10.2. The predicted molar refractivity (Wildman–Crippen MR) is 106 cm³/mol. The van der Waals surface area contributed by atoms with Crippen LogP contribution in [-0.4, -0.2) is 60.9 Å². The molecule has 1 heterocycles. The summed E-state index contributed by atoms with van der Waals surface area (Å²) in [4.78, 5) is 28.4. The second-order valence-electron chi connectivity index (χ2n) is 7.23. The monoisotopic (exact) mass is 419 g/mol. The Morgan fingerprint density at radius 1 is 0.900 bits per heavy atom. The minimum atomic E-state index is -0.623. The average molecular weight is 419 g/mol. The normalized spacial score (nSPS) is 15.0. The van der Waals surface area contributed by atoms with Crippen molar-refractivity contribution in [3.63, 3.8) is 0 Å². The smallest absolute Gasteiger partial charge is 0.253 e. The summed E-state index contributed by atoms with van der Waals surface area (Å²) in [5.74, 6) is -2.03. The Kier molecular flexibility index (Phi) is 7.46. The van der Waals surface area contributed by atoms with Gasteiger partial charge in [0.25, 0.3) is 5.91 Å². The largest absolute Gasteiger partial charge is 0.355 e. The van der Waals surface area contributed by atoms with Crippen molar-refractivity contribution in [1.82, 2.24) is 15.1 Å². The van der Waals surface area contributed by atoms with Crippen LogP contribution in [0.15, 0.2) is 42.5 Å². The van der Waals surface area contributed by atoms with Crippen LogP contribution in [0.1, 0.15) is 22.3 Å². The Morgan fingerprint density at radius 2 is 1.60 bits per heavy atom. The Bertz CT molecular complexity index is 869. The van der Waals surface area contributed by atoms with Crippen molar-refractivity contribution in [1.29, 1.82) is 0 Å². The third-order valence-corrected chi connectivity index (χ3v) is 5.09. The zero-order valence-electron chi connectivity index (χ0n) is 16.5. The fourth-order valence-corrected chi connectivity index (χ4v) is 3.46. The lowest BCUT2D eigenvalue weighted by molar-refractivity contribution is -0.122. The van der Waals surface area contributed by atoms with Gasteiger partial charge in [-0.2, -0.15) is 0 Å². The summed E-state index contributed by atoms with van der Waals surface area (Å²) in [6.07, 6.45) is 0.783. The number of amides is 2. The van der Waals surface area contributed by atoms with Crippen LogP contribution < -0.4 is 5.32 Å². The van der Waals surface area contributed by atoms with Crippen molar-refractivity contribution in [2.24, 2.45) is 0 Å². The molecule has 8 heteroatoms. The fourth-order valence-electron chi connectivity index (χ4n) is 3.46. The highest BCUT2D eigenvalue weighted by atomic mass is 19.1. The van der Waals surface area contributed by atoms with Gasteiger partial charge in [0.2, 0.25) is 5.91 Å². The Labute approximate surface area is 173 Å². The summed E-state index contributed by atoms with van der Waals surface area (Å²) >= 11 is 0. The fraction of sp³-hybridized carbons (Fsp3) is 0.364. The number of hydrogen-bond donors (Lipinski definition) is 1. The van der Waals surface area contributed by atoms with Crippen LogP contribution in [0.2, 0.25) is 0 Å². The highest BCUT2D eigenvalue weighted by Gasteiger charge is 2.21. The summed E-state index contributed by atoms with van der Waals surface area (Å²) in [5.41, 5.74) is 0.394. The molecule has 0 atom stereocenters. The van der Waals surface area contributed by atoms with Gasteiger partial charge in [0.05, 0.1) is 6.54 Å². The van der Waals surface area contributed by atoms with Gasteiger partial charge in [0, 0.05) is 43.9 Å². The van der Waals surface area contributed by atoms with E-state index >= 15 is 0 Å². The zero-order valence-corrected chi connectivity index (χ0v) is 16.5. The van der Waals surface area contributed by atoms with Crippen molar-refractivity contribution in [3.8, 4) is 0 Å². The number of halogens is 3. The molecular formula is C22H24F3N3O2. The topological polar surface area (TPSA) is 52.7 Å². The van der Waals surface area contributed by atoms with E-state index in [-0.39, 0.29) is 36.9 Å². The lowest BCUT2D eigenvalue weighted by atomic mass is 10.1. The maximum Gasteiger partial charge on any atom is 0.253 e. The molecule has 0 bridgehead atoms. The van der Waals surface area contributed by atoms with E-state index in [4.69, 9.17) is 0 Å². The molecule has 0 unspecified atom stereocenters. The molecule has 2 aromatic rings. The van der Waals surface area contributed by atoms with Crippen LogP contribution in [0, 0.1) is 17.5 Å². The number of nitrogens with one attached hydrogen (secondary N) is 1. The standard InChI is InChI=1S/C22H24F3N3O2/c23-17-7-5-16(6-8-17)22(30)28-12-2-11-27(13-14-28)15-21(29)26-10-9-18-19(24)3-1-4-20(18)25/h1,3-8H,2,9-15H2,(H,26,29). The van der Waals surface area contributed by atoms with Crippen molar-refractivity contribution in [2.75, 3.05) is 39.3 Å². The lowest BCUT2D eigenvalue weighted by Crippen LogP contribution is -2.40. The summed E-state index contributed by atoms with van der Waals surface area (Å²) < 4.78 is 40.3. The Hall–Kier alpha value is -2.87. The molecule has 2 amide bonds. The molecule has 160 valence electrons. The number of benzene rings is 2. The number of carbonyl (C=O) groups is 2. The van der Waals surface area contributed by atoms with Gasteiger partial charge in [0.1, 0.15) is 17.5 Å². The molecule has 1 aliphatic heterocycles. The van der Waals surface area contributed by atoms with Crippen molar-refractivity contribution < 1.29 is 22.8 Å². The number of rotatable bonds is 6. The summed E-state index contributed by atoms with van der Waals surface area (Å²) in [5, 5.41) is 2.69. The van der Waals surface area contributed by atoms with Crippen LogP contribution in [0.4, 0.5) is 13.2 Å². The maximum absolute atomic E-state index is 13.6. The van der Waals surface area contributed by atoms with Gasteiger partial charge in [-0.25, -0.2) is 13.2 Å². The first-order chi connectivity index (χ1) is 14.4. The summed E-state index contributed by atoms with van der Waals surface area (Å²) in [6.45, 7) is 2.49. The number of carbonyl (C=O) groups excluding carboxylic acids is 2. The van der Waals surface area contributed by atoms with E-state index in [0.29, 0.717) is 38.2 Å². The van der Waals surface area contributed by atoms with Crippen molar-refractivity contribution in [2.45, 2.75) is 12.8 Å². The molecule has 30 heavy (non-hydrogen) atoms. The predicted octanol–water partition coefficient (Wildman–Crippen LogP) is 2.61. The molecule has 1 fully saturated rings. The van der Waals surface area contributed by atoms with E-state index in [2.05, 4.69) is 5.32 Å². The molecule has 1 aliphatic rings. The molecule has 1 N–H and O–H groups in total. The highest BCUT2D eigenvalue weighted by Crippen LogP contribution is 2.12. The van der Waals surface area contributed by atoms with Gasteiger partial charge in [-0.15, -0.1) is 0 Å². The van der Waals surface area contributed by atoms with Crippen molar-refractivity contribution in [3.05, 3.63) is 71.0 Å². The molecule has 2 aromatic carbocycles. The van der Waals surface area contributed by atoms with E-state index < -0.39 is 17.5 Å². The van der Waals surface area contributed by atoms with E-state index in [1.165, 1.54) is 42.5 Å². The van der Waals surface area contributed by atoms with Gasteiger partial charge in [0.15, 0.2) is 0 Å². The van der Waals surface area contributed by atoms with Crippen LogP contribution >= 0.6 is 0 Å². The lowest BCUT2D eigenvalue weighted by Gasteiger charge is -2.22. The first-order valence-corrected chi connectivity index (χ1v) is 9.91. The maximum atomic E-state index is 13.6. The summed E-state index contributed by atoms with van der Waals surface area (Å²) in [6, 6.07) is 9.13.